The van der Waals surface area contributed by atoms with Crippen LogP contribution in [0.1, 0.15) is 26.3 Å². The Morgan fingerprint density at radius 2 is 1.52 bits per heavy atom. The van der Waals surface area contributed by atoms with Gasteiger partial charge in [0, 0.05) is 12.0 Å². The minimum Gasteiger partial charge on any atom is -0.480 e. The van der Waals surface area contributed by atoms with Crippen molar-refractivity contribution in [2.24, 2.45) is 0 Å². The molecule has 3 rings (SSSR count). The molecule has 0 saturated heterocycles. The molecule has 3 aromatic rings. The molecular formula is C21H17NO5. The van der Waals surface area contributed by atoms with Crippen LogP contribution in [-0.4, -0.2) is 34.1 Å². The molecule has 0 aliphatic heterocycles. The Balaban J connectivity index is 1.84. The number of nitrogens with one attached hydrogen (secondary N) is 1. The maximum atomic E-state index is 12.4. The zero-order valence-electron chi connectivity index (χ0n) is 14.3. The number of carboxylic acid groups (broad SMARTS) is 2. The molecule has 0 spiro atoms. The van der Waals surface area contributed by atoms with Gasteiger partial charge in [-0.25, -0.2) is 9.59 Å². The fourth-order valence-corrected chi connectivity index (χ4v) is 2.93. The van der Waals surface area contributed by atoms with Crippen molar-refractivity contribution in [3.05, 3.63) is 83.4 Å². The Kier molecular flexibility index (Phi) is 5.17. The highest BCUT2D eigenvalue weighted by atomic mass is 16.4. The summed E-state index contributed by atoms with van der Waals surface area (Å²) < 4.78 is 0. The number of aliphatic carboxylic acids is 1. The van der Waals surface area contributed by atoms with Gasteiger partial charge < -0.3 is 15.5 Å². The number of hydrogen-bond donors (Lipinski definition) is 3. The van der Waals surface area contributed by atoms with Gasteiger partial charge in [-0.15, -0.1) is 0 Å². The first-order chi connectivity index (χ1) is 13.0. The Bertz CT molecular complexity index is 1020. The second kappa shape index (κ2) is 7.70. The third kappa shape index (κ3) is 4.12. The molecule has 6 heteroatoms. The second-order valence-corrected chi connectivity index (χ2v) is 6.09. The predicted molar refractivity (Wildman–Crippen MR) is 99.9 cm³/mol. The van der Waals surface area contributed by atoms with E-state index < -0.39 is 23.9 Å². The van der Waals surface area contributed by atoms with Gasteiger partial charge in [-0.05, 0) is 34.5 Å². The van der Waals surface area contributed by atoms with Crippen LogP contribution in [-0.2, 0) is 11.2 Å². The molecule has 3 aromatic carbocycles. The molecule has 6 nitrogen and oxygen atoms in total. The summed E-state index contributed by atoms with van der Waals surface area (Å²) in [7, 11) is 0. The van der Waals surface area contributed by atoms with Gasteiger partial charge in [-0.2, -0.15) is 0 Å². The quantitative estimate of drug-likeness (QED) is 0.625. The van der Waals surface area contributed by atoms with E-state index in [1.165, 1.54) is 24.3 Å². The van der Waals surface area contributed by atoms with Crippen molar-refractivity contribution in [2.45, 2.75) is 12.5 Å². The van der Waals surface area contributed by atoms with E-state index >= 15 is 0 Å². The third-order valence-corrected chi connectivity index (χ3v) is 4.28. The Hall–Kier alpha value is -3.67. The normalized spacial score (nSPS) is 11.7. The lowest BCUT2D eigenvalue weighted by Crippen LogP contribution is -2.42. The van der Waals surface area contributed by atoms with E-state index in [2.05, 4.69) is 5.32 Å². The Labute approximate surface area is 155 Å². The smallest absolute Gasteiger partial charge is 0.335 e. The van der Waals surface area contributed by atoms with Crippen LogP contribution >= 0.6 is 0 Å². The molecule has 1 unspecified atom stereocenters. The number of benzene rings is 3. The summed E-state index contributed by atoms with van der Waals surface area (Å²) in [5.74, 6) is -2.95. The molecule has 3 N–H and O–H groups in total. The Morgan fingerprint density at radius 3 is 2.26 bits per heavy atom. The maximum absolute atomic E-state index is 12.4. The predicted octanol–water partition coefficient (Wildman–Crippen LogP) is 2.96. The lowest BCUT2D eigenvalue weighted by atomic mass is 9.98. The largest absolute Gasteiger partial charge is 0.480 e. The van der Waals surface area contributed by atoms with E-state index in [1.54, 1.807) is 0 Å². The average molecular weight is 363 g/mol. The number of amides is 1. The van der Waals surface area contributed by atoms with Crippen molar-refractivity contribution >= 4 is 28.6 Å². The van der Waals surface area contributed by atoms with Gasteiger partial charge in [0.25, 0.3) is 5.91 Å². The van der Waals surface area contributed by atoms with E-state index in [1.807, 2.05) is 42.5 Å². The van der Waals surface area contributed by atoms with Crippen LogP contribution in [0.25, 0.3) is 10.8 Å². The van der Waals surface area contributed by atoms with Crippen molar-refractivity contribution in [3.63, 3.8) is 0 Å². The minimum absolute atomic E-state index is 0.0384. The molecule has 0 aliphatic carbocycles. The number of fused-ring (bicyclic) bond motifs is 1. The lowest BCUT2D eigenvalue weighted by Gasteiger charge is -2.16. The Morgan fingerprint density at radius 1 is 0.852 bits per heavy atom. The van der Waals surface area contributed by atoms with Gasteiger partial charge in [0.1, 0.15) is 6.04 Å². The first-order valence-electron chi connectivity index (χ1n) is 8.29. The van der Waals surface area contributed by atoms with Crippen molar-refractivity contribution in [3.8, 4) is 0 Å². The van der Waals surface area contributed by atoms with Crippen molar-refractivity contribution < 1.29 is 24.6 Å². The van der Waals surface area contributed by atoms with Gasteiger partial charge in [-0.1, -0.05) is 48.5 Å². The van der Waals surface area contributed by atoms with Gasteiger partial charge in [0.2, 0.25) is 0 Å². The first kappa shape index (κ1) is 18.1. The maximum Gasteiger partial charge on any atom is 0.335 e. The van der Waals surface area contributed by atoms with Gasteiger partial charge >= 0.3 is 11.9 Å². The van der Waals surface area contributed by atoms with Crippen LogP contribution in [0.4, 0.5) is 0 Å². The molecule has 0 aromatic heterocycles. The van der Waals surface area contributed by atoms with Crippen LogP contribution in [0.5, 0.6) is 0 Å². The zero-order chi connectivity index (χ0) is 19.4. The van der Waals surface area contributed by atoms with Crippen molar-refractivity contribution in [2.75, 3.05) is 0 Å². The third-order valence-electron chi connectivity index (χ3n) is 4.28. The zero-order valence-corrected chi connectivity index (χ0v) is 14.3. The molecule has 1 amide bonds. The number of rotatable bonds is 6. The van der Waals surface area contributed by atoms with Crippen LogP contribution in [0.3, 0.4) is 0 Å². The highest BCUT2D eigenvalue weighted by molar-refractivity contribution is 5.99. The van der Waals surface area contributed by atoms with E-state index in [0.717, 1.165) is 16.3 Å². The van der Waals surface area contributed by atoms with Gasteiger partial charge in [-0.3, -0.25) is 4.79 Å². The molecule has 0 fully saturated rings. The summed E-state index contributed by atoms with van der Waals surface area (Å²) in [5, 5.41) is 23.0. The van der Waals surface area contributed by atoms with Gasteiger partial charge in [0.15, 0.2) is 0 Å². The fraction of sp³-hybridized carbons (Fsp3) is 0.0952. The summed E-state index contributed by atoms with van der Waals surface area (Å²) in [6, 6.07) is 17.5. The highest BCUT2D eigenvalue weighted by Crippen LogP contribution is 2.20. The SMILES string of the molecule is O=C(O)c1cccc(C(=O)NC(Cc2cccc3ccccc23)C(=O)O)c1. The summed E-state index contributed by atoms with van der Waals surface area (Å²) in [6.07, 6.45) is 0.112. The molecule has 136 valence electrons. The van der Waals surface area contributed by atoms with Crippen LogP contribution < -0.4 is 5.32 Å². The number of carboxylic acids is 2. The number of carbonyl (C=O) groups is 3. The van der Waals surface area contributed by atoms with Crippen molar-refractivity contribution in [1.82, 2.24) is 5.32 Å². The number of hydrogen-bond acceptors (Lipinski definition) is 3. The number of carbonyl (C=O) groups excluding carboxylic acids is 1. The molecule has 1 atom stereocenters. The summed E-state index contributed by atoms with van der Waals surface area (Å²) in [6.45, 7) is 0. The standard InChI is InChI=1S/C21H17NO5/c23-19(15-8-4-9-16(11-15)20(24)25)22-18(21(26)27)12-14-7-3-6-13-5-1-2-10-17(13)14/h1-11,18H,12H2,(H,22,23)(H,24,25)(H,26,27). The number of aromatic carboxylic acids is 1. The van der Waals surface area contributed by atoms with E-state index in [4.69, 9.17) is 5.11 Å². The van der Waals surface area contributed by atoms with Gasteiger partial charge in [0.05, 0.1) is 5.56 Å². The molecular weight excluding hydrogens is 346 g/mol. The minimum atomic E-state index is -1.16. The van der Waals surface area contributed by atoms with E-state index in [9.17, 15) is 19.5 Å². The fourth-order valence-electron chi connectivity index (χ4n) is 2.93. The molecule has 0 saturated carbocycles. The lowest BCUT2D eigenvalue weighted by molar-refractivity contribution is -0.139. The monoisotopic (exact) mass is 363 g/mol. The van der Waals surface area contributed by atoms with E-state index in [-0.39, 0.29) is 17.5 Å². The topological polar surface area (TPSA) is 104 Å². The van der Waals surface area contributed by atoms with Crippen LogP contribution in [0, 0.1) is 0 Å². The van der Waals surface area contributed by atoms with Crippen LogP contribution in [0.15, 0.2) is 66.7 Å². The molecule has 0 aliphatic rings. The average Bonchev–Trinajstić information content (AvgIpc) is 2.67. The molecule has 0 bridgehead atoms. The summed E-state index contributed by atoms with van der Waals surface area (Å²) in [5.41, 5.74) is 0.864. The molecule has 0 heterocycles. The highest BCUT2D eigenvalue weighted by Gasteiger charge is 2.22. The first-order valence-corrected chi connectivity index (χ1v) is 8.29. The second-order valence-electron chi connectivity index (χ2n) is 6.09. The van der Waals surface area contributed by atoms with E-state index in [0.29, 0.717) is 0 Å². The summed E-state index contributed by atoms with van der Waals surface area (Å²) >= 11 is 0. The summed E-state index contributed by atoms with van der Waals surface area (Å²) in [4.78, 5) is 35.1. The molecule has 0 radical (unpaired) electrons. The van der Waals surface area contributed by atoms with Crippen LogP contribution in [0.2, 0.25) is 0 Å². The molecule has 27 heavy (non-hydrogen) atoms. The van der Waals surface area contributed by atoms with Crippen molar-refractivity contribution in [1.29, 1.82) is 0 Å².